The summed E-state index contributed by atoms with van der Waals surface area (Å²) in [4.78, 5) is 0. The van der Waals surface area contributed by atoms with Crippen molar-refractivity contribution < 1.29 is 28.1 Å². The molecule has 0 aromatic heterocycles. The summed E-state index contributed by atoms with van der Waals surface area (Å²) in [7, 11) is -2.80. The summed E-state index contributed by atoms with van der Waals surface area (Å²) in [5.41, 5.74) is 0. The Morgan fingerprint density at radius 2 is 1.27 bits per heavy atom. The van der Waals surface area contributed by atoms with Crippen molar-refractivity contribution >= 4 is 14.9 Å². The molecule has 0 aliphatic carbocycles. The van der Waals surface area contributed by atoms with Crippen LogP contribution in [-0.2, 0) is 28.1 Å². The molecule has 0 radical (unpaired) electrons. The quantitative estimate of drug-likeness (QED) is 0.253. The first kappa shape index (κ1) is 30.6. The Morgan fingerprint density at radius 1 is 0.923 bits per heavy atom. The second-order valence-electron chi connectivity index (χ2n) is 5.75. The molecule has 0 rings (SSSR count). The van der Waals surface area contributed by atoms with Crippen molar-refractivity contribution in [1.29, 1.82) is 0 Å². The maximum absolute atomic E-state index is 11.4. The predicted octanol–water partition coefficient (Wildman–Crippen LogP) is 5.04. The first-order chi connectivity index (χ1) is 12.1. The summed E-state index contributed by atoms with van der Waals surface area (Å²) in [5.74, 6) is 0. The molecule has 0 spiro atoms. The summed E-state index contributed by atoms with van der Waals surface area (Å²) in [6, 6.07) is 0. The minimum Gasteiger partial charge on any atom is -0.353 e. The second-order valence-corrected chi connectivity index (χ2v) is 11.0. The third-order valence-corrected chi connectivity index (χ3v) is 3.80. The largest absolute Gasteiger partial charge is 0.353 e. The fraction of sp³-hybridized carbons (Fsp3) is 0.889. The molecule has 0 fully saturated rings. The molecule has 0 aromatic carbocycles. The lowest BCUT2D eigenvalue weighted by Crippen LogP contribution is -2.18. The summed E-state index contributed by atoms with van der Waals surface area (Å²) >= 11 is 0. The van der Waals surface area contributed by atoms with Crippen molar-refractivity contribution in [3.05, 3.63) is 12.7 Å². The van der Waals surface area contributed by atoms with Crippen molar-refractivity contribution in [1.82, 2.24) is 0 Å². The molecule has 0 atom stereocenters. The van der Waals surface area contributed by atoms with E-state index < -0.39 is 14.9 Å². The topological polar surface area (TPSA) is 71.1 Å². The summed E-state index contributed by atoms with van der Waals surface area (Å²) in [6.07, 6.45) is 2.67. The van der Waals surface area contributed by atoms with Crippen LogP contribution in [0.5, 0.6) is 0 Å². The van der Waals surface area contributed by atoms with Gasteiger partial charge in [0, 0.05) is 39.0 Å². The first-order valence-electron chi connectivity index (χ1n) is 9.05. The van der Waals surface area contributed by atoms with Gasteiger partial charge < -0.3 is 23.5 Å². The normalized spacial score (nSPS) is 10.7. The second kappa shape index (κ2) is 21.2. The van der Waals surface area contributed by atoms with Crippen LogP contribution in [0.3, 0.4) is 0 Å². The molecule has 0 aromatic rings. The Hall–Kier alpha value is -0.0900. The molecule has 0 amide bonds. The van der Waals surface area contributed by atoms with E-state index in [4.69, 9.17) is 18.9 Å². The van der Waals surface area contributed by atoms with E-state index in [0.717, 1.165) is 6.42 Å². The molecule has 0 bridgehead atoms. The Morgan fingerprint density at radius 3 is 1.50 bits per heavy atom. The molecular formula is C18H41O6P2+. The van der Waals surface area contributed by atoms with E-state index in [2.05, 4.69) is 6.58 Å². The fourth-order valence-electron chi connectivity index (χ4n) is 1.52. The van der Waals surface area contributed by atoms with Crippen LogP contribution in [-0.4, -0.2) is 71.8 Å². The Balaban J connectivity index is -0.000000352. The monoisotopic (exact) mass is 415 g/mol. The lowest BCUT2D eigenvalue weighted by Gasteiger charge is -2.17. The van der Waals surface area contributed by atoms with Gasteiger partial charge in [0.25, 0.3) is 0 Å². The Kier molecular flexibility index (Phi) is 25.0. The van der Waals surface area contributed by atoms with Gasteiger partial charge in [0.2, 0.25) is 0 Å². The Bertz CT molecular complexity index is 355. The minimum atomic E-state index is -1.93. The van der Waals surface area contributed by atoms with Crippen molar-refractivity contribution in [2.24, 2.45) is 0 Å². The third kappa shape index (κ3) is 31.7. The van der Waals surface area contributed by atoms with E-state index >= 15 is 0 Å². The van der Waals surface area contributed by atoms with Gasteiger partial charge in [0.05, 0.1) is 7.14 Å². The molecule has 0 aliphatic heterocycles. The lowest BCUT2D eigenvalue weighted by atomic mass is 10.5. The molecule has 0 heterocycles. The summed E-state index contributed by atoms with van der Waals surface area (Å²) < 4.78 is 41.9. The number of rotatable bonds is 12. The maximum atomic E-state index is 11.4. The number of ether oxygens (including phenoxy) is 4. The molecule has 26 heavy (non-hydrogen) atoms. The van der Waals surface area contributed by atoms with Gasteiger partial charge in [0.1, 0.15) is 13.3 Å². The van der Waals surface area contributed by atoms with Gasteiger partial charge in [-0.25, -0.2) is 0 Å². The zero-order valence-corrected chi connectivity index (χ0v) is 19.8. The highest BCUT2D eigenvalue weighted by atomic mass is 31.2. The van der Waals surface area contributed by atoms with Crippen molar-refractivity contribution in [2.45, 2.75) is 46.7 Å². The molecule has 0 unspecified atom stereocenters. The zero-order valence-electron chi connectivity index (χ0n) is 18.0. The molecule has 0 aliphatic rings. The van der Waals surface area contributed by atoms with Gasteiger partial charge in [-0.3, -0.25) is 0 Å². The van der Waals surface area contributed by atoms with Crippen molar-refractivity contribution in [3.63, 3.8) is 0 Å². The van der Waals surface area contributed by atoms with Gasteiger partial charge in [-0.1, -0.05) is 11.1 Å². The van der Waals surface area contributed by atoms with Crippen LogP contribution in [0.2, 0.25) is 0 Å². The zero-order chi connectivity index (χ0) is 21.0. The molecular weight excluding hydrogens is 374 g/mol. The van der Waals surface area contributed by atoms with Gasteiger partial charge in [-0.05, 0) is 47.1 Å². The highest BCUT2D eigenvalue weighted by Crippen LogP contribution is 2.37. The molecule has 8 heteroatoms. The number of hydrogen-bond donors (Lipinski definition) is 0. The summed E-state index contributed by atoms with van der Waals surface area (Å²) in [5, 5.41) is 0. The predicted molar refractivity (Wildman–Crippen MR) is 113 cm³/mol. The van der Waals surface area contributed by atoms with E-state index in [9.17, 15) is 9.13 Å². The minimum absolute atomic E-state index is 0.178. The highest BCUT2D eigenvalue weighted by molar-refractivity contribution is 7.62. The molecule has 0 N–H and O–H groups in total. The average Bonchev–Trinajstić information content (AvgIpc) is 2.52. The maximum Gasteiger partial charge on any atom is 0.332 e. The molecule has 158 valence electrons. The van der Waals surface area contributed by atoms with Crippen LogP contribution < -0.4 is 0 Å². The van der Waals surface area contributed by atoms with Crippen molar-refractivity contribution in [3.8, 4) is 0 Å². The van der Waals surface area contributed by atoms with Crippen LogP contribution in [0, 0.1) is 0 Å². The lowest BCUT2D eigenvalue weighted by molar-refractivity contribution is -0.136. The number of hydrogen-bond acceptors (Lipinski definition) is 6. The fourth-order valence-corrected chi connectivity index (χ4v) is 2.35. The van der Waals surface area contributed by atoms with E-state index in [1.165, 1.54) is 0 Å². The Labute approximate surface area is 162 Å². The van der Waals surface area contributed by atoms with Crippen LogP contribution in [0.4, 0.5) is 0 Å². The molecule has 0 saturated carbocycles. The van der Waals surface area contributed by atoms with Crippen LogP contribution in [0.25, 0.3) is 0 Å². The average molecular weight is 415 g/mol. The van der Waals surface area contributed by atoms with Gasteiger partial charge in [-0.2, -0.15) is 0 Å². The van der Waals surface area contributed by atoms with E-state index in [0.29, 0.717) is 32.6 Å². The third-order valence-electron chi connectivity index (χ3n) is 2.46. The van der Waals surface area contributed by atoms with Crippen molar-refractivity contribution in [2.75, 3.05) is 59.2 Å². The first-order valence-corrected chi connectivity index (χ1v) is 14.0. The summed E-state index contributed by atoms with van der Waals surface area (Å²) in [6.45, 7) is 20.8. The molecule has 6 nitrogen and oxygen atoms in total. The standard InChI is InChI=1S/C9H21O3P.C7H14O2.C2H6OP/c1-5-11-9(12-6-2)7-8-13(3,4)10;1-4-7(8-5-2)9-6-3;1-4(2)3/h9H,5-8H2,1-4H3;4,7H,1,5-6H2,2-3H3;1-2H3/q;;+1. The van der Waals surface area contributed by atoms with Gasteiger partial charge in [-0.15, -0.1) is 0 Å². The van der Waals surface area contributed by atoms with Gasteiger partial charge in [0.15, 0.2) is 12.6 Å². The van der Waals surface area contributed by atoms with Crippen LogP contribution >= 0.6 is 14.9 Å². The van der Waals surface area contributed by atoms with Crippen LogP contribution in [0.15, 0.2) is 12.7 Å². The molecule has 0 saturated heterocycles. The SMILES string of the molecule is C=CC(OCC)OCC.CCOC(CCP(C)(C)=O)OCC.C[P+](C)=O. The van der Waals surface area contributed by atoms with E-state index in [1.807, 2.05) is 27.7 Å². The van der Waals surface area contributed by atoms with Gasteiger partial charge >= 0.3 is 7.80 Å². The smallest absolute Gasteiger partial charge is 0.332 e. The van der Waals surface area contributed by atoms with E-state index in [-0.39, 0.29) is 12.6 Å². The van der Waals surface area contributed by atoms with Crippen LogP contribution in [0.1, 0.15) is 34.1 Å². The van der Waals surface area contributed by atoms with E-state index in [1.54, 1.807) is 32.7 Å². The highest BCUT2D eigenvalue weighted by Gasteiger charge is 2.13.